The van der Waals surface area contributed by atoms with Crippen molar-refractivity contribution >= 4 is 11.8 Å². The summed E-state index contributed by atoms with van der Waals surface area (Å²) in [4.78, 5) is 0. The Morgan fingerprint density at radius 1 is 0.941 bits per heavy atom. The molecule has 0 aromatic carbocycles. The van der Waals surface area contributed by atoms with Gasteiger partial charge in [0.05, 0.1) is 0 Å². The maximum Gasteiger partial charge on any atom is 0.0140 e. The zero-order valence-electron chi connectivity index (χ0n) is 13.2. The highest BCUT2D eigenvalue weighted by Crippen LogP contribution is 2.37. The number of thioether (sulfide) groups is 1. The van der Waals surface area contributed by atoms with Gasteiger partial charge in [0.1, 0.15) is 0 Å². The van der Waals surface area contributed by atoms with Crippen LogP contribution in [0.2, 0.25) is 0 Å². The molecule has 0 nitrogen and oxygen atoms in total. The molecule has 0 bridgehead atoms. The molecule has 0 saturated heterocycles. The summed E-state index contributed by atoms with van der Waals surface area (Å²) in [6.07, 6.45) is 4.56. The van der Waals surface area contributed by atoms with Crippen LogP contribution in [-0.2, 0) is 0 Å². The van der Waals surface area contributed by atoms with Gasteiger partial charge < -0.3 is 0 Å². The summed E-state index contributed by atoms with van der Waals surface area (Å²) in [5, 5.41) is 0. The second-order valence-electron chi connectivity index (χ2n) is 6.96. The second-order valence-corrected chi connectivity index (χ2v) is 7.83. The van der Waals surface area contributed by atoms with Gasteiger partial charge in [0, 0.05) is 5.75 Å². The fraction of sp³-hybridized carbons (Fsp3) is 0.750. The molecule has 0 aromatic rings. The van der Waals surface area contributed by atoms with E-state index in [1.807, 2.05) is 11.8 Å². The van der Waals surface area contributed by atoms with Gasteiger partial charge in [-0.1, -0.05) is 58.8 Å². The molecule has 100 valence electrons. The van der Waals surface area contributed by atoms with Gasteiger partial charge in [-0.15, -0.1) is 0 Å². The van der Waals surface area contributed by atoms with Crippen LogP contribution in [0.1, 0.15) is 55.4 Å². The van der Waals surface area contributed by atoms with Crippen molar-refractivity contribution in [1.29, 1.82) is 0 Å². The van der Waals surface area contributed by atoms with Crippen molar-refractivity contribution in [2.24, 2.45) is 10.8 Å². The van der Waals surface area contributed by atoms with Gasteiger partial charge in [0.15, 0.2) is 0 Å². The second kappa shape index (κ2) is 6.13. The number of hydrogen-bond acceptors (Lipinski definition) is 1. The van der Waals surface area contributed by atoms with E-state index in [2.05, 4.69) is 67.7 Å². The number of hydrogen-bond donors (Lipinski definition) is 0. The lowest BCUT2D eigenvalue weighted by molar-refractivity contribution is 0.453. The van der Waals surface area contributed by atoms with Crippen molar-refractivity contribution in [3.8, 4) is 0 Å². The smallest absolute Gasteiger partial charge is 0.0140 e. The van der Waals surface area contributed by atoms with Gasteiger partial charge in [-0.3, -0.25) is 0 Å². The lowest BCUT2D eigenvalue weighted by Gasteiger charge is -2.30. The third kappa shape index (κ3) is 5.81. The van der Waals surface area contributed by atoms with E-state index in [1.165, 1.54) is 16.7 Å². The fourth-order valence-corrected chi connectivity index (χ4v) is 2.35. The van der Waals surface area contributed by atoms with Crippen LogP contribution < -0.4 is 0 Å². The maximum atomic E-state index is 2.40. The van der Waals surface area contributed by atoms with Gasteiger partial charge in [0.25, 0.3) is 0 Å². The lowest BCUT2D eigenvalue weighted by Crippen LogP contribution is -2.17. The monoisotopic (exact) mass is 254 g/mol. The van der Waals surface area contributed by atoms with Crippen LogP contribution in [0, 0.1) is 10.8 Å². The summed E-state index contributed by atoms with van der Waals surface area (Å²) < 4.78 is 0. The van der Waals surface area contributed by atoms with Crippen molar-refractivity contribution in [2.75, 3.05) is 12.0 Å². The first-order valence-corrected chi connectivity index (χ1v) is 7.77. The normalized spacial score (nSPS) is 15.9. The molecule has 0 aromatic heterocycles. The summed E-state index contributed by atoms with van der Waals surface area (Å²) in [5.41, 5.74) is 4.93. The molecule has 0 saturated carbocycles. The van der Waals surface area contributed by atoms with Crippen LogP contribution in [0.4, 0.5) is 0 Å². The third-order valence-electron chi connectivity index (χ3n) is 3.10. The average molecular weight is 254 g/mol. The first-order valence-electron chi connectivity index (χ1n) is 6.38. The SMILES string of the molecule is CSC/C(C)=C/C(=C(\C)C(C)(C)C)C(C)(C)C. The number of rotatable bonds is 3. The zero-order valence-corrected chi connectivity index (χ0v) is 14.0. The highest BCUT2D eigenvalue weighted by Gasteiger charge is 2.23. The highest BCUT2D eigenvalue weighted by molar-refractivity contribution is 7.98. The van der Waals surface area contributed by atoms with Gasteiger partial charge in [-0.25, -0.2) is 0 Å². The van der Waals surface area contributed by atoms with Crippen molar-refractivity contribution in [1.82, 2.24) is 0 Å². The Bertz CT molecular complexity index is 305. The Labute approximate surface area is 113 Å². The van der Waals surface area contributed by atoms with Crippen molar-refractivity contribution in [3.05, 3.63) is 22.8 Å². The predicted octanol–water partition coefficient (Wildman–Crippen LogP) is 5.70. The van der Waals surface area contributed by atoms with E-state index < -0.39 is 0 Å². The number of allylic oxidation sites excluding steroid dienone is 3. The topological polar surface area (TPSA) is 0 Å². The molecule has 0 fully saturated rings. The minimum Gasteiger partial charge on any atom is -0.161 e. The summed E-state index contributed by atoms with van der Waals surface area (Å²) in [5.74, 6) is 1.12. The molecule has 0 aliphatic carbocycles. The molecule has 0 aliphatic rings. The maximum absolute atomic E-state index is 2.40. The van der Waals surface area contributed by atoms with Gasteiger partial charge >= 0.3 is 0 Å². The average Bonchev–Trinajstić information content (AvgIpc) is 2.10. The summed E-state index contributed by atoms with van der Waals surface area (Å²) in [6.45, 7) is 18.3. The third-order valence-corrected chi connectivity index (χ3v) is 3.84. The Balaban J connectivity index is 5.55. The molecular formula is C16H30S. The van der Waals surface area contributed by atoms with Gasteiger partial charge in [-0.2, -0.15) is 11.8 Å². The predicted molar refractivity (Wildman–Crippen MR) is 83.7 cm³/mol. The van der Waals surface area contributed by atoms with E-state index in [0.29, 0.717) is 0 Å². The van der Waals surface area contributed by atoms with E-state index in [9.17, 15) is 0 Å². The van der Waals surface area contributed by atoms with E-state index in [1.54, 1.807) is 0 Å². The van der Waals surface area contributed by atoms with Crippen LogP contribution >= 0.6 is 11.8 Å². The minimum absolute atomic E-state index is 0.219. The molecule has 1 heteroatoms. The van der Waals surface area contributed by atoms with E-state index >= 15 is 0 Å². The molecule has 0 amide bonds. The molecule has 0 heterocycles. The Morgan fingerprint density at radius 2 is 1.41 bits per heavy atom. The van der Waals surface area contributed by atoms with E-state index in [0.717, 1.165) is 5.75 Å². The molecule has 0 rings (SSSR count). The molecule has 0 atom stereocenters. The quantitative estimate of drug-likeness (QED) is 0.582. The molecule has 17 heavy (non-hydrogen) atoms. The van der Waals surface area contributed by atoms with E-state index in [4.69, 9.17) is 0 Å². The largest absolute Gasteiger partial charge is 0.161 e. The summed E-state index contributed by atoms with van der Waals surface area (Å²) >= 11 is 1.89. The van der Waals surface area contributed by atoms with Gasteiger partial charge in [0.2, 0.25) is 0 Å². The zero-order chi connectivity index (χ0) is 13.9. The first kappa shape index (κ1) is 16.8. The van der Waals surface area contributed by atoms with Crippen LogP contribution in [0.3, 0.4) is 0 Å². The molecule has 0 radical (unpaired) electrons. The molecule has 0 spiro atoms. The van der Waals surface area contributed by atoms with Crippen LogP contribution in [-0.4, -0.2) is 12.0 Å². The van der Waals surface area contributed by atoms with Crippen LogP contribution in [0.25, 0.3) is 0 Å². The Kier molecular flexibility index (Phi) is 6.07. The first-order chi connectivity index (χ1) is 7.50. The van der Waals surface area contributed by atoms with Crippen LogP contribution in [0.15, 0.2) is 22.8 Å². The summed E-state index contributed by atoms with van der Waals surface area (Å²) in [6, 6.07) is 0. The molecule has 0 unspecified atom stereocenters. The van der Waals surface area contributed by atoms with E-state index in [-0.39, 0.29) is 10.8 Å². The highest BCUT2D eigenvalue weighted by atomic mass is 32.2. The van der Waals surface area contributed by atoms with Crippen molar-refractivity contribution < 1.29 is 0 Å². The Hall–Kier alpha value is -0.170. The van der Waals surface area contributed by atoms with Crippen molar-refractivity contribution in [2.45, 2.75) is 55.4 Å². The fourth-order valence-electron chi connectivity index (χ4n) is 1.81. The lowest BCUT2D eigenvalue weighted by atomic mass is 9.75. The molecular weight excluding hydrogens is 224 g/mol. The van der Waals surface area contributed by atoms with Crippen molar-refractivity contribution in [3.63, 3.8) is 0 Å². The minimum atomic E-state index is 0.219. The van der Waals surface area contributed by atoms with Crippen LogP contribution in [0.5, 0.6) is 0 Å². The Morgan fingerprint density at radius 3 is 1.71 bits per heavy atom. The molecule has 0 N–H and O–H groups in total. The van der Waals surface area contributed by atoms with Gasteiger partial charge in [-0.05, 0) is 36.5 Å². The summed E-state index contributed by atoms with van der Waals surface area (Å²) in [7, 11) is 0. The molecule has 0 aliphatic heterocycles. The standard InChI is InChI=1S/C16H30S/c1-12(11-17-9)10-14(16(6,7)8)13(2)15(3,4)5/h10H,11H2,1-9H3/b12-10+,14-13-.